The SMILES string of the molecule is CCNC(=NCc1nccn1C(F)F)NC(C)c1ccc(OCC2CC2)c(F)c1. The molecule has 0 amide bonds. The molecule has 1 aromatic heterocycles. The van der Waals surface area contributed by atoms with E-state index < -0.39 is 12.4 Å². The van der Waals surface area contributed by atoms with E-state index in [2.05, 4.69) is 20.6 Å². The molecule has 3 rings (SSSR count). The summed E-state index contributed by atoms with van der Waals surface area (Å²) >= 11 is 0. The Labute approximate surface area is 168 Å². The average molecular weight is 409 g/mol. The lowest BCUT2D eigenvalue weighted by Gasteiger charge is -2.19. The molecule has 1 unspecified atom stereocenters. The molecule has 1 aliphatic carbocycles. The number of aromatic nitrogens is 2. The average Bonchev–Trinajstić information content (AvgIpc) is 3.39. The Bertz CT molecular complexity index is 835. The second-order valence-corrected chi connectivity index (χ2v) is 7.03. The minimum atomic E-state index is -2.67. The van der Waals surface area contributed by atoms with Gasteiger partial charge >= 0.3 is 6.55 Å². The maximum atomic E-state index is 14.3. The van der Waals surface area contributed by atoms with Crippen molar-refractivity contribution in [3.05, 3.63) is 47.8 Å². The zero-order valence-electron chi connectivity index (χ0n) is 16.5. The van der Waals surface area contributed by atoms with Crippen molar-refractivity contribution in [3.63, 3.8) is 0 Å². The lowest BCUT2D eigenvalue weighted by Crippen LogP contribution is -2.38. The molecule has 2 aromatic rings. The van der Waals surface area contributed by atoms with E-state index in [1.165, 1.54) is 18.5 Å². The minimum absolute atomic E-state index is 0.0122. The maximum Gasteiger partial charge on any atom is 0.319 e. The van der Waals surface area contributed by atoms with E-state index in [4.69, 9.17) is 4.74 Å². The highest BCUT2D eigenvalue weighted by atomic mass is 19.3. The normalized spacial score (nSPS) is 15.4. The van der Waals surface area contributed by atoms with E-state index in [9.17, 15) is 13.2 Å². The van der Waals surface area contributed by atoms with E-state index in [1.807, 2.05) is 13.8 Å². The van der Waals surface area contributed by atoms with Gasteiger partial charge in [0.15, 0.2) is 17.5 Å². The molecule has 1 fully saturated rings. The molecule has 0 bridgehead atoms. The van der Waals surface area contributed by atoms with Crippen LogP contribution in [0.5, 0.6) is 5.75 Å². The Hall–Kier alpha value is -2.71. The van der Waals surface area contributed by atoms with E-state index in [0.29, 0.717) is 25.0 Å². The molecule has 29 heavy (non-hydrogen) atoms. The van der Waals surface area contributed by atoms with Gasteiger partial charge in [0, 0.05) is 18.9 Å². The van der Waals surface area contributed by atoms with Crippen molar-refractivity contribution < 1.29 is 17.9 Å². The highest BCUT2D eigenvalue weighted by molar-refractivity contribution is 5.80. The van der Waals surface area contributed by atoms with Gasteiger partial charge in [-0.1, -0.05) is 6.07 Å². The smallest absolute Gasteiger partial charge is 0.319 e. The van der Waals surface area contributed by atoms with Gasteiger partial charge in [0.25, 0.3) is 0 Å². The number of alkyl halides is 2. The number of nitrogens with one attached hydrogen (secondary N) is 2. The van der Waals surface area contributed by atoms with Gasteiger partial charge in [-0.3, -0.25) is 4.57 Å². The monoisotopic (exact) mass is 409 g/mol. The van der Waals surface area contributed by atoms with Crippen LogP contribution in [0.25, 0.3) is 0 Å². The van der Waals surface area contributed by atoms with Gasteiger partial charge in [-0.05, 0) is 50.3 Å². The summed E-state index contributed by atoms with van der Waals surface area (Å²) in [5.41, 5.74) is 0.723. The van der Waals surface area contributed by atoms with Gasteiger partial charge in [-0.2, -0.15) is 8.78 Å². The first-order chi connectivity index (χ1) is 14.0. The Morgan fingerprint density at radius 1 is 1.38 bits per heavy atom. The van der Waals surface area contributed by atoms with Gasteiger partial charge in [0.2, 0.25) is 0 Å². The summed E-state index contributed by atoms with van der Waals surface area (Å²) in [6.45, 7) is 2.22. The standard InChI is InChI=1S/C20H26F3N5O/c1-3-24-20(26-11-18-25-8-9-28(18)19(22)23)27-13(2)15-6-7-17(16(21)10-15)29-12-14-4-5-14/h6-10,13-14,19H,3-5,11-12H2,1-2H3,(H2,24,26,27). The molecule has 6 nitrogen and oxygen atoms in total. The topological polar surface area (TPSA) is 63.5 Å². The van der Waals surface area contributed by atoms with Crippen LogP contribution in [0.1, 0.15) is 50.7 Å². The molecule has 0 spiro atoms. The van der Waals surface area contributed by atoms with E-state index in [-0.39, 0.29) is 24.2 Å². The quantitative estimate of drug-likeness (QED) is 0.485. The fraction of sp³-hybridized carbons (Fsp3) is 0.500. The first kappa shape index (κ1) is 21.0. The Morgan fingerprint density at radius 3 is 2.83 bits per heavy atom. The van der Waals surface area contributed by atoms with Crippen molar-refractivity contribution in [2.45, 2.75) is 45.8 Å². The fourth-order valence-electron chi connectivity index (χ4n) is 2.80. The number of halogens is 3. The van der Waals surface area contributed by atoms with Crippen molar-refractivity contribution in [1.29, 1.82) is 0 Å². The molecule has 1 aliphatic rings. The molecule has 0 saturated heterocycles. The van der Waals surface area contributed by atoms with Crippen molar-refractivity contribution in [3.8, 4) is 5.75 Å². The summed E-state index contributed by atoms with van der Waals surface area (Å²) in [4.78, 5) is 8.24. The maximum absolute atomic E-state index is 14.3. The molecule has 1 saturated carbocycles. The van der Waals surface area contributed by atoms with Crippen molar-refractivity contribution in [2.24, 2.45) is 10.9 Å². The van der Waals surface area contributed by atoms with Crippen molar-refractivity contribution in [2.75, 3.05) is 13.2 Å². The van der Waals surface area contributed by atoms with Gasteiger partial charge in [-0.25, -0.2) is 14.4 Å². The van der Waals surface area contributed by atoms with Gasteiger partial charge < -0.3 is 15.4 Å². The number of nitrogens with zero attached hydrogens (tertiary/aromatic N) is 3. The highest BCUT2D eigenvalue weighted by Gasteiger charge is 2.22. The molecule has 1 aromatic carbocycles. The van der Waals surface area contributed by atoms with Crippen LogP contribution in [-0.4, -0.2) is 28.7 Å². The summed E-state index contributed by atoms with van der Waals surface area (Å²) in [7, 11) is 0. The van der Waals surface area contributed by atoms with E-state index in [0.717, 1.165) is 23.0 Å². The first-order valence-electron chi connectivity index (χ1n) is 9.74. The molecule has 2 N–H and O–H groups in total. The number of ether oxygens (including phenoxy) is 1. The minimum Gasteiger partial charge on any atom is -0.490 e. The Kier molecular flexibility index (Phi) is 7.00. The molecule has 1 atom stereocenters. The second-order valence-electron chi connectivity index (χ2n) is 7.03. The summed E-state index contributed by atoms with van der Waals surface area (Å²) < 4.78 is 46.5. The summed E-state index contributed by atoms with van der Waals surface area (Å²) in [5, 5.41) is 6.22. The molecule has 0 aliphatic heterocycles. The molecule has 9 heteroatoms. The molecule has 158 valence electrons. The Balaban J connectivity index is 1.64. The van der Waals surface area contributed by atoms with Crippen LogP contribution in [0.3, 0.4) is 0 Å². The van der Waals surface area contributed by atoms with Crippen molar-refractivity contribution >= 4 is 5.96 Å². The van der Waals surface area contributed by atoms with Crippen LogP contribution in [0, 0.1) is 11.7 Å². The molecular formula is C20H26F3N5O. The van der Waals surface area contributed by atoms with Crippen LogP contribution < -0.4 is 15.4 Å². The predicted molar refractivity (Wildman–Crippen MR) is 104 cm³/mol. The van der Waals surface area contributed by atoms with Crippen LogP contribution in [0.15, 0.2) is 35.6 Å². The van der Waals surface area contributed by atoms with Crippen LogP contribution >= 0.6 is 0 Å². The first-order valence-corrected chi connectivity index (χ1v) is 9.74. The largest absolute Gasteiger partial charge is 0.490 e. The number of hydrogen-bond donors (Lipinski definition) is 2. The Morgan fingerprint density at radius 2 is 2.17 bits per heavy atom. The van der Waals surface area contributed by atoms with E-state index >= 15 is 0 Å². The predicted octanol–water partition coefficient (Wildman–Crippen LogP) is 4.02. The summed E-state index contributed by atoms with van der Waals surface area (Å²) in [5.74, 6) is 0.991. The zero-order chi connectivity index (χ0) is 20.8. The number of guanidine groups is 1. The molecular weight excluding hydrogens is 383 g/mol. The van der Waals surface area contributed by atoms with Crippen molar-refractivity contribution in [1.82, 2.24) is 20.2 Å². The van der Waals surface area contributed by atoms with Crippen LogP contribution in [-0.2, 0) is 6.54 Å². The third kappa shape index (κ3) is 5.88. The highest BCUT2D eigenvalue weighted by Crippen LogP contribution is 2.30. The third-order valence-electron chi connectivity index (χ3n) is 4.66. The number of rotatable bonds is 9. The molecule has 0 radical (unpaired) electrons. The number of imidazole rings is 1. The third-order valence-corrected chi connectivity index (χ3v) is 4.66. The second kappa shape index (κ2) is 9.67. The number of benzene rings is 1. The van der Waals surface area contributed by atoms with Crippen LogP contribution in [0.4, 0.5) is 13.2 Å². The lowest BCUT2D eigenvalue weighted by molar-refractivity contribution is 0.0671. The molecule has 1 heterocycles. The summed E-state index contributed by atoms with van der Waals surface area (Å²) in [6, 6.07) is 4.62. The number of aliphatic imine (C=N–C) groups is 1. The van der Waals surface area contributed by atoms with Gasteiger partial charge in [0.05, 0.1) is 12.6 Å². The van der Waals surface area contributed by atoms with E-state index in [1.54, 1.807) is 12.1 Å². The van der Waals surface area contributed by atoms with Gasteiger partial charge in [-0.15, -0.1) is 0 Å². The van der Waals surface area contributed by atoms with Gasteiger partial charge in [0.1, 0.15) is 12.4 Å². The fourth-order valence-corrected chi connectivity index (χ4v) is 2.80. The van der Waals surface area contributed by atoms with Crippen LogP contribution in [0.2, 0.25) is 0 Å². The number of hydrogen-bond acceptors (Lipinski definition) is 3. The lowest BCUT2D eigenvalue weighted by atomic mass is 10.1. The zero-order valence-corrected chi connectivity index (χ0v) is 16.5. The summed E-state index contributed by atoms with van der Waals surface area (Å²) in [6.07, 6.45) is 4.82.